The zero-order chi connectivity index (χ0) is 17.7. The molecule has 5 rings (SSSR count). The van der Waals surface area contributed by atoms with Crippen molar-refractivity contribution in [1.29, 1.82) is 0 Å². The van der Waals surface area contributed by atoms with Crippen LogP contribution in [0.15, 0.2) is 48.5 Å². The van der Waals surface area contributed by atoms with Crippen LogP contribution < -0.4 is 14.8 Å². The number of amides is 1. The number of carbonyl (C=O) groups is 1. The number of ether oxygens (including phenoxy) is 2. The second-order valence-electron chi connectivity index (χ2n) is 6.21. The molecular formula is C20H14N2O3S. The van der Waals surface area contributed by atoms with E-state index in [1.807, 2.05) is 13.0 Å². The molecule has 1 N–H and O–H groups in total. The van der Waals surface area contributed by atoms with Crippen LogP contribution in [0.3, 0.4) is 0 Å². The molecule has 5 nitrogen and oxygen atoms in total. The Morgan fingerprint density at radius 1 is 1.04 bits per heavy atom. The molecule has 0 spiro atoms. The number of aromatic nitrogens is 1. The molecule has 2 aromatic heterocycles. The zero-order valence-corrected chi connectivity index (χ0v) is 14.7. The Bertz CT molecular complexity index is 1180. The third kappa shape index (κ3) is 2.55. The third-order valence-corrected chi connectivity index (χ3v) is 5.36. The molecule has 0 fully saturated rings. The van der Waals surface area contributed by atoms with E-state index in [0.717, 1.165) is 21.1 Å². The van der Waals surface area contributed by atoms with Gasteiger partial charge in [-0.15, -0.1) is 11.3 Å². The highest BCUT2D eigenvalue weighted by Crippen LogP contribution is 2.35. The summed E-state index contributed by atoms with van der Waals surface area (Å²) in [6.45, 7) is 2.26. The highest BCUT2D eigenvalue weighted by molar-refractivity contribution is 7.20. The Kier molecular flexibility index (Phi) is 3.33. The van der Waals surface area contributed by atoms with Crippen LogP contribution in [0.4, 0.5) is 5.69 Å². The van der Waals surface area contributed by atoms with Crippen molar-refractivity contribution in [3.05, 3.63) is 59.0 Å². The first-order valence-corrected chi connectivity index (χ1v) is 8.99. The number of hydrogen-bond donors (Lipinski definition) is 1. The standard InChI is InChI=1S/C20H14N2O3S/c1-11-2-3-12-7-13-8-18(26-20(13)22-15(12)6-11)19(23)21-14-4-5-16-17(9-14)25-10-24-16/h2-9H,10H2,1H3,(H,21,23). The number of thiophene rings is 1. The molecule has 26 heavy (non-hydrogen) atoms. The molecule has 0 saturated carbocycles. The maximum atomic E-state index is 12.6. The van der Waals surface area contributed by atoms with Gasteiger partial charge in [0.2, 0.25) is 6.79 Å². The maximum Gasteiger partial charge on any atom is 0.265 e. The van der Waals surface area contributed by atoms with Gasteiger partial charge in [0.1, 0.15) is 4.83 Å². The van der Waals surface area contributed by atoms with Crippen molar-refractivity contribution in [3.63, 3.8) is 0 Å². The number of hydrogen-bond acceptors (Lipinski definition) is 5. The average Bonchev–Trinajstić information content (AvgIpc) is 3.25. The van der Waals surface area contributed by atoms with Gasteiger partial charge in [-0.25, -0.2) is 4.98 Å². The van der Waals surface area contributed by atoms with Crippen LogP contribution in [-0.2, 0) is 0 Å². The lowest BCUT2D eigenvalue weighted by molar-refractivity contribution is 0.103. The quantitative estimate of drug-likeness (QED) is 0.560. The molecule has 3 heterocycles. The first-order valence-electron chi connectivity index (χ1n) is 8.18. The summed E-state index contributed by atoms with van der Waals surface area (Å²) in [5, 5.41) is 4.95. The van der Waals surface area contributed by atoms with Crippen molar-refractivity contribution < 1.29 is 14.3 Å². The molecule has 0 bridgehead atoms. The third-order valence-electron chi connectivity index (χ3n) is 4.31. The van der Waals surface area contributed by atoms with E-state index in [-0.39, 0.29) is 12.7 Å². The highest BCUT2D eigenvalue weighted by Gasteiger charge is 2.16. The number of fused-ring (bicyclic) bond motifs is 3. The van der Waals surface area contributed by atoms with Crippen molar-refractivity contribution in [2.24, 2.45) is 0 Å². The van der Waals surface area contributed by atoms with E-state index in [1.54, 1.807) is 18.2 Å². The number of anilines is 1. The summed E-state index contributed by atoms with van der Waals surface area (Å²) in [6.07, 6.45) is 0. The van der Waals surface area contributed by atoms with Crippen molar-refractivity contribution in [3.8, 4) is 11.5 Å². The Labute approximate surface area is 153 Å². The molecule has 1 aliphatic heterocycles. The molecule has 0 unspecified atom stereocenters. The molecule has 128 valence electrons. The summed E-state index contributed by atoms with van der Waals surface area (Å²) in [7, 11) is 0. The van der Waals surface area contributed by atoms with Crippen molar-refractivity contribution >= 4 is 44.1 Å². The van der Waals surface area contributed by atoms with Gasteiger partial charge in [0.25, 0.3) is 5.91 Å². The molecular weight excluding hydrogens is 348 g/mol. The second kappa shape index (κ2) is 5.71. The van der Waals surface area contributed by atoms with Crippen LogP contribution in [0.5, 0.6) is 11.5 Å². The number of carbonyl (C=O) groups excluding carboxylic acids is 1. The number of nitrogens with one attached hydrogen (secondary N) is 1. The molecule has 2 aromatic carbocycles. The lowest BCUT2D eigenvalue weighted by Crippen LogP contribution is -2.09. The molecule has 0 atom stereocenters. The van der Waals surface area contributed by atoms with Crippen LogP contribution in [0.2, 0.25) is 0 Å². The highest BCUT2D eigenvalue weighted by atomic mass is 32.1. The fraction of sp³-hybridized carbons (Fsp3) is 0.100. The molecule has 1 aliphatic rings. The summed E-state index contributed by atoms with van der Waals surface area (Å²) < 4.78 is 10.6. The average molecular weight is 362 g/mol. The van der Waals surface area contributed by atoms with Crippen LogP contribution in [0.25, 0.3) is 21.1 Å². The van der Waals surface area contributed by atoms with Crippen molar-refractivity contribution in [2.45, 2.75) is 6.92 Å². The SMILES string of the molecule is Cc1ccc2cc3cc(C(=O)Nc4ccc5c(c4)OCO5)sc3nc2c1. The van der Waals surface area contributed by atoms with E-state index in [2.05, 4.69) is 29.6 Å². The van der Waals surface area contributed by atoms with Crippen LogP contribution in [-0.4, -0.2) is 17.7 Å². The number of pyridine rings is 1. The summed E-state index contributed by atoms with van der Waals surface area (Å²) in [5.74, 6) is 1.17. The lowest BCUT2D eigenvalue weighted by Gasteiger charge is -2.04. The minimum atomic E-state index is -0.160. The minimum Gasteiger partial charge on any atom is -0.454 e. The number of rotatable bonds is 2. The van der Waals surface area contributed by atoms with Gasteiger partial charge in [-0.3, -0.25) is 4.79 Å². The van der Waals surface area contributed by atoms with Gasteiger partial charge in [0.05, 0.1) is 10.4 Å². The summed E-state index contributed by atoms with van der Waals surface area (Å²) in [5.41, 5.74) is 2.79. The number of aryl methyl sites for hydroxylation is 1. The second-order valence-corrected chi connectivity index (χ2v) is 7.24. The summed E-state index contributed by atoms with van der Waals surface area (Å²) >= 11 is 1.39. The van der Waals surface area contributed by atoms with Crippen molar-refractivity contribution in [2.75, 3.05) is 12.1 Å². The van der Waals surface area contributed by atoms with Gasteiger partial charge in [-0.1, -0.05) is 12.1 Å². The van der Waals surface area contributed by atoms with Crippen molar-refractivity contribution in [1.82, 2.24) is 4.98 Å². The fourth-order valence-corrected chi connectivity index (χ4v) is 3.93. The fourth-order valence-electron chi connectivity index (χ4n) is 3.01. The Morgan fingerprint density at radius 3 is 2.85 bits per heavy atom. The summed E-state index contributed by atoms with van der Waals surface area (Å²) in [4.78, 5) is 18.8. The normalized spacial score (nSPS) is 12.7. The topological polar surface area (TPSA) is 60.5 Å². The van der Waals surface area contributed by atoms with E-state index >= 15 is 0 Å². The molecule has 0 aliphatic carbocycles. The van der Waals surface area contributed by atoms with E-state index in [4.69, 9.17) is 14.5 Å². The van der Waals surface area contributed by atoms with E-state index in [9.17, 15) is 4.79 Å². The van der Waals surface area contributed by atoms with Crippen LogP contribution in [0.1, 0.15) is 15.2 Å². The number of nitrogens with zero attached hydrogens (tertiary/aromatic N) is 1. The Morgan fingerprint density at radius 2 is 1.92 bits per heavy atom. The van der Waals surface area contributed by atoms with Gasteiger partial charge >= 0.3 is 0 Å². The van der Waals surface area contributed by atoms with Gasteiger partial charge in [0.15, 0.2) is 11.5 Å². The largest absolute Gasteiger partial charge is 0.454 e. The first kappa shape index (κ1) is 15.2. The minimum absolute atomic E-state index is 0.160. The number of benzene rings is 2. The maximum absolute atomic E-state index is 12.6. The molecule has 1 amide bonds. The monoisotopic (exact) mass is 362 g/mol. The zero-order valence-electron chi connectivity index (χ0n) is 13.9. The van der Waals surface area contributed by atoms with E-state index < -0.39 is 0 Å². The van der Waals surface area contributed by atoms with E-state index in [1.165, 1.54) is 16.9 Å². The van der Waals surface area contributed by atoms with E-state index in [0.29, 0.717) is 22.1 Å². The molecule has 0 saturated heterocycles. The molecule has 4 aromatic rings. The molecule has 6 heteroatoms. The lowest BCUT2D eigenvalue weighted by atomic mass is 10.1. The predicted molar refractivity (Wildman–Crippen MR) is 102 cm³/mol. The molecule has 0 radical (unpaired) electrons. The summed E-state index contributed by atoms with van der Waals surface area (Å²) in [6, 6.07) is 15.5. The van der Waals surface area contributed by atoms with Gasteiger partial charge in [0, 0.05) is 22.5 Å². The van der Waals surface area contributed by atoms with Crippen LogP contribution in [0, 0.1) is 6.92 Å². The Balaban J connectivity index is 1.48. The van der Waals surface area contributed by atoms with Gasteiger partial charge in [-0.05, 0) is 42.8 Å². The first-order chi connectivity index (χ1) is 12.7. The Hall–Kier alpha value is -3.12. The van der Waals surface area contributed by atoms with Gasteiger partial charge < -0.3 is 14.8 Å². The van der Waals surface area contributed by atoms with Gasteiger partial charge in [-0.2, -0.15) is 0 Å². The smallest absolute Gasteiger partial charge is 0.265 e. The predicted octanol–water partition coefficient (Wildman–Crippen LogP) is 4.74. The van der Waals surface area contributed by atoms with Crippen LogP contribution >= 0.6 is 11.3 Å².